The first kappa shape index (κ1) is 11.4. The number of nitrogens with zero attached hydrogens (tertiary/aromatic N) is 1. The van der Waals surface area contributed by atoms with Crippen molar-refractivity contribution in [3.05, 3.63) is 39.4 Å². The Balaban J connectivity index is 2.01. The molecule has 0 amide bonds. The fraction of sp³-hybridized carbons (Fsp3) is 0.417. The van der Waals surface area contributed by atoms with Crippen molar-refractivity contribution in [1.29, 1.82) is 0 Å². The van der Waals surface area contributed by atoms with Gasteiger partial charge in [0.05, 0.1) is 5.69 Å². The van der Waals surface area contributed by atoms with Crippen LogP contribution in [0.1, 0.15) is 35.5 Å². The molecule has 4 heteroatoms. The third-order valence-electron chi connectivity index (χ3n) is 2.71. The normalized spacial score (nSPS) is 12.9. The van der Waals surface area contributed by atoms with Crippen LogP contribution < -0.4 is 5.32 Å². The van der Waals surface area contributed by atoms with Crippen molar-refractivity contribution in [2.75, 3.05) is 0 Å². The van der Waals surface area contributed by atoms with E-state index in [0.717, 1.165) is 18.0 Å². The Morgan fingerprint density at radius 1 is 1.50 bits per heavy atom. The summed E-state index contributed by atoms with van der Waals surface area (Å²) in [6.45, 7) is 6.96. The largest absolute Gasteiger partial charge is 0.361 e. The van der Waals surface area contributed by atoms with E-state index in [2.05, 4.69) is 34.2 Å². The second-order valence-corrected chi connectivity index (χ2v) is 4.75. The Morgan fingerprint density at radius 2 is 2.31 bits per heavy atom. The molecule has 3 nitrogen and oxygen atoms in total. The molecule has 2 heterocycles. The van der Waals surface area contributed by atoms with Gasteiger partial charge in [0.15, 0.2) is 0 Å². The van der Waals surface area contributed by atoms with Crippen molar-refractivity contribution in [2.24, 2.45) is 0 Å². The van der Waals surface area contributed by atoms with Crippen molar-refractivity contribution in [2.45, 2.75) is 33.4 Å². The van der Waals surface area contributed by atoms with Gasteiger partial charge in [-0.15, -0.1) is 0 Å². The SMILES string of the molecule is Cc1noc(C)c1C(C)NCc1ccsc1. The molecule has 2 aromatic heterocycles. The number of thiophene rings is 1. The highest BCUT2D eigenvalue weighted by molar-refractivity contribution is 7.07. The molecule has 1 atom stereocenters. The van der Waals surface area contributed by atoms with E-state index in [1.807, 2.05) is 13.8 Å². The van der Waals surface area contributed by atoms with Crippen molar-refractivity contribution < 1.29 is 4.52 Å². The van der Waals surface area contributed by atoms with Crippen LogP contribution in [-0.2, 0) is 6.54 Å². The second-order valence-electron chi connectivity index (χ2n) is 3.97. The minimum Gasteiger partial charge on any atom is -0.361 e. The molecule has 1 N–H and O–H groups in total. The molecule has 0 saturated carbocycles. The van der Waals surface area contributed by atoms with E-state index in [9.17, 15) is 0 Å². The van der Waals surface area contributed by atoms with E-state index in [4.69, 9.17) is 4.52 Å². The minimum atomic E-state index is 0.270. The van der Waals surface area contributed by atoms with Gasteiger partial charge in [-0.25, -0.2) is 0 Å². The quantitative estimate of drug-likeness (QED) is 0.885. The zero-order chi connectivity index (χ0) is 11.5. The summed E-state index contributed by atoms with van der Waals surface area (Å²) in [6.07, 6.45) is 0. The van der Waals surface area contributed by atoms with Gasteiger partial charge in [-0.2, -0.15) is 11.3 Å². The van der Waals surface area contributed by atoms with Crippen LogP contribution in [0.25, 0.3) is 0 Å². The summed E-state index contributed by atoms with van der Waals surface area (Å²) in [6, 6.07) is 2.41. The van der Waals surface area contributed by atoms with Gasteiger partial charge in [0.1, 0.15) is 5.76 Å². The van der Waals surface area contributed by atoms with Crippen LogP contribution in [0.2, 0.25) is 0 Å². The zero-order valence-corrected chi connectivity index (χ0v) is 10.6. The molecule has 2 aromatic rings. The summed E-state index contributed by atoms with van der Waals surface area (Å²) in [5.74, 6) is 0.905. The summed E-state index contributed by atoms with van der Waals surface area (Å²) in [4.78, 5) is 0. The fourth-order valence-corrected chi connectivity index (χ4v) is 2.54. The van der Waals surface area contributed by atoms with Crippen LogP contribution in [0.4, 0.5) is 0 Å². The fourth-order valence-electron chi connectivity index (χ4n) is 1.87. The van der Waals surface area contributed by atoms with E-state index >= 15 is 0 Å². The summed E-state index contributed by atoms with van der Waals surface area (Å²) in [5, 5.41) is 11.7. The Hall–Kier alpha value is -1.13. The second kappa shape index (κ2) is 4.80. The Kier molecular flexibility index (Phi) is 3.41. The van der Waals surface area contributed by atoms with E-state index in [0.29, 0.717) is 0 Å². The van der Waals surface area contributed by atoms with Gasteiger partial charge in [-0.1, -0.05) is 5.16 Å². The topological polar surface area (TPSA) is 38.1 Å². The Morgan fingerprint density at radius 3 is 2.88 bits per heavy atom. The lowest BCUT2D eigenvalue weighted by atomic mass is 10.1. The van der Waals surface area contributed by atoms with E-state index in [1.54, 1.807) is 11.3 Å². The molecule has 0 saturated heterocycles. The van der Waals surface area contributed by atoms with Crippen LogP contribution in [0, 0.1) is 13.8 Å². The first-order valence-electron chi connectivity index (χ1n) is 5.35. The molecule has 0 aliphatic rings. The van der Waals surface area contributed by atoms with Crippen LogP contribution >= 0.6 is 11.3 Å². The predicted molar refractivity (Wildman–Crippen MR) is 65.6 cm³/mol. The summed E-state index contributed by atoms with van der Waals surface area (Å²) in [5.41, 5.74) is 3.47. The molecule has 16 heavy (non-hydrogen) atoms. The van der Waals surface area contributed by atoms with Gasteiger partial charge in [0.25, 0.3) is 0 Å². The predicted octanol–water partition coefficient (Wildman–Crippen LogP) is 3.20. The molecule has 0 bridgehead atoms. The van der Waals surface area contributed by atoms with Crippen LogP contribution in [-0.4, -0.2) is 5.16 Å². The number of aryl methyl sites for hydroxylation is 2. The maximum atomic E-state index is 5.17. The molecule has 0 aromatic carbocycles. The van der Waals surface area contributed by atoms with Crippen molar-refractivity contribution in [3.8, 4) is 0 Å². The van der Waals surface area contributed by atoms with Gasteiger partial charge in [-0.3, -0.25) is 0 Å². The molecule has 0 radical (unpaired) electrons. The Bertz CT molecular complexity index is 428. The molecule has 2 rings (SSSR count). The lowest BCUT2D eigenvalue weighted by molar-refractivity contribution is 0.390. The maximum absolute atomic E-state index is 5.17. The average Bonchev–Trinajstić information content (AvgIpc) is 2.86. The third-order valence-corrected chi connectivity index (χ3v) is 3.45. The number of aromatic nitrogens is 1. The molecule has 0 spiro atoms. The number of hydrogen-bond donors (Lipinski definition) is 1. The molecule has 1 unspecified atom stereocenters. The molecular formula is C12H16N2OS. The maximum Gasteiger partial charge on any atom is 0.138 e. The van der Waals surface area contributed by atoms with Crippen molar-refractivity contribution in [3.63, 3.8) is 0 Å². The number of hydrogen-bond acceptors (Lipinski definition) is 4. The molecule has 0 fully saturated rings. The van der Waals surface area contributed by atoms with Crippen molar-refractivity contribution >= 4 is 11.3 Å². The van der Waals surface area contributed by atoms with E-state index in [1.165, 1.54) is 11.1 Å². The summed E-state index contributed by atoms with van der Waals surface area (Å²) < 4.78 is 5.17. The van der Waals surface area contributed by atoms with E-state index < -0.39 is 0 Å². The highest BCUT2D eigenvalue weighted by atomic mass is 32.1. The first-order chi connectivity index (χ1) is 7.68. The lowest BCUT2D eigenvalue weighted by Gasteiger charge is -2.12. The van der Waals surface area contributed by atoms with Crippen LogP contribution in [0.5, 0.6) is 0 Å². The monoisotopic (exact) mass is 236 g/mol. The lowest BCUT2D eigenvalue weighted by Crippen LogP contribution is -2.18. The van der Waals surface area contributed by atoms with Crippen LogP contribution in [0.15, 0.2) is 21.3 Å². The number of nitrogens with one attached hydrogen (secondary N) is 1. The van der Waals surface area contributed by atoms with Gasteiger partial charge < -0.3 is 9.84 Å². The third kappa shape index (κ3) is 2.33. The smallest absolute Gasteiger partial charge is 0.138 e. The molecule has 0 aliphatic heterocycles. The van der Waals surface area contributed by atoms with Gasteiger partial charge in [0, 0.05) is 18.2 Å². The van der Waals surface area contributed by atoms with Crippen LogP contribution in [0.3, 0.4) is 0 Å². The van der Waals surface area contributed by atoms with E-state index in [-0.39, 0.29) is 6.04 Å². The minimum absolute atomic E-state index is 0.270. The molecule has 86 valence electrons. The standard InChI is InChI=1S/C12H16N2OS/c1-8(12-9(2)14-15-10(12)3)13-6-11-4-5-16-7-11/h4-5,7-8,13H,6H2,1-3H3. The van der Waals surface area contributed by atoms with Gasteiger partial charge in [-0.05, 0) is 43.2 Å². The van der Waals surface area contributed by atoms with Gasteiger partial charge in [0.2, 0.25) is 0 Å². The highest BCUT2D eigenvalue weighted by Gasteiger charge is 2.15. The summed E-state index contributed by atoms with van der Waals surface area (Å²) >= 11 is 1.72. The molecular weight excluding hydrogens is 220 g/mol. The summed E-state index contributed by atoms with van der Waals surface area (Å²) in [7, 11) is 0. The van der Waals surface area contributed by atoms with Crippen molar-refractivity contribution in [1.82, 2.24) is 10.5 Å². The Labute approximate surface area is 99.5 Å². The zero-order valence-electron chi connectivity index (χ0n) is 9.78. The van der Waals surface area contributed by atoms with Gasteiger partial charge >= 0.3 is 0 Å². The average molecular weight is 236 g/mol. The molecule has 0 aliphatic carbocycles. The highest BCUT2D eigenvalue weighted by Crippen LogP contribution is 2.21. The first-order valence-corrected chi connectivity index (χ1v) is 6.30. The number of rotatable bonds is 4.